The third-order valence-corrected chi connectivity index (χ3v) is 2.10. The molecule has 0 aliphatic rings. The minimum Gasteiger partial charge on any atom is -0.492 e. The number of benzene rings is 1. The van der Waals surface area contributed by atoms with Gasteiger partial charge in [0.25, 0.3) is 0 Å². The van der Waals surface area contributed by atoms with Crippen molar-refractivity contribution >= 4 is 0 Å². The van der Waals surface area contributed by atoms with Gasteiger partial charge in [0, 0.05) is 19.6 Å². The lowest BCUT2D eigenvalue weighted by Gasteiger charge is -2.10. The number of hydrogen-bond donors (Lipinski definition) is 1. The van der Waals surface area contributed by atoms with Gasteiger partial charge >= 0.3 is 0 Å². The van der Waals surface area contributed by atoms with Crippen molar-refractivity contribution in [2.24, 2.45) is 0 Å². The van der Waals surface area contributed by atoms with E-state index in [2.05, 4.69) is 10.2 Å². The highest BCUT2D eigenvalue weighted by molar-refractivity contribution is 5.21. The van der Waals surface area contributed by atoms with E-state index in [0.717, 1.165) is 19.6 Å². The Labute approximate surface area is 96.2 Å². The lowest BCUT2D eigenvalue weighted by Crippen LogP contribution is -2.29. The quantitative estimate of drug-likeness (QED) is 0.710. The monoisotopic (exact) mass is 226 g/mol. The van der Waals surface area contributed by atoms with Gasteiger partial charge in [-0.15, -0.1) is 0 Å². The maximum absolute atomic E-state index is 12.6. The second kappa shape index (κ2) is 7.19. The Balaban J connectivity index is 2.05. The van der Waals surface area contributed by atoms with E-state index >= 15 is 0 Å². The molecule has 1 aromatic carbocycles. The van der Waals surface area contributed by atoms with E-state index in [1.807, 2.05) is 14.1 Å². The lowest BCUT2D eigenvalue weighted by molar-refractivity contribution is 0.308. The number of nitrogens with one attached hydrogen (secondary N) is 1. The SMILES string of the molecule is CN(C)CCNCCOc1ccc(F)cc1. The molecule has 3 nitrogen and oxygen atoms in total. The Morgan fingerprint density at radius 2 is 1.88 bits per heavy atom. The summed E-state index contributed by atoms with van der Waals surface area (Å²) in [6.07, 6.45) is 0. The summed E-state index contributed by atoms with van der Waals surface area (Å²) < 4.78 is 18.0. The molecule has 0 saturated carbocycles. The average molecular weight is 226 g/mol. The molecule has 0 radical (unpaired) electrons. The zero-order chi connectivity index (χ0) is 11.8. The van der Waals surface area contributed by atoms with Gasteiger partial charge in [0.2, 0.25) is 0 Å². The van der Waals surface area contributed by atoms with Crippen molar-refractivity contribution in [3.05, 3.63) is 30.1 Å². The lowest BCUT2D eigenvalue weighted by atomic mass is 10.3. The zero-order valence-corrected chi connectivity index (χ0v) is 9.87. The van der Waals surface area contributed by atoms with Crippen LogP contribution in [-0.2, 0) is 0 Å². The molecule has 0 aliphatic heterocycles. The number of hydrogen-bond acceptors (Lipinski definition) is 3. The van der Waals surface area contributed by atoms with E-state index < -0.39 is 0 Å². The number of likely N-dealkylation sites (N-methyl/N-ethyl adjacent to an activating group) is 1. The molecule has 0 unspecified atom stereocenters. The van der Waals surface area contributed by atoms with Crippen molar-refractivity contribution in [3.63, 3.8) is 0 Å². The minimum atomic E-state index is -0.239. The molecule has 16 heavy (non-hydrogen) atoms. The number of rotatable bonds is 7. The summed E-state index contributed by atoms with van der Waals surface area (Å²) in [5.74, 6) is 0.465. The van der Waals surface area contributed by atoms with E-state index in [1.165, 1.54) is 12.1 Å². The van der Waals surface area contributed by atoms with Crippen molar-refractivity contribution < 1.29 is 9.13 Å². The number of nitrogens with zero attached hydrogens (tertiary/aromatic N) is 1. The van der Waals surface area contributed by atoms with Crippen LogP contribution in [0.3, 0.4) is 0 Å². The van der Waals surface area contributed by atoms with Gasteiger partial charge in [-0.25, -0.2) is 4.39 Å². The molecular formula is C12H19FN2O. The van der Waals surface area contributed by atoms with Crippen molar-refractivity contribution in [2.45, 2.75) is 0 Å². The fourth-order valence-electron chi connectivity index (χ4n) is 1.20. The molecule has 0 heterocycles. The van der Waals surface area contributed by atoms with E-state index in [1.54, 1.807) is 12.1 Å². The third-order valence-electron chi connectivity index (χ3n) is 2.10. The van der Waals surface area contributed by atoms with Gasteiger partial charge in [-0.1, -0.05) is 0 Å². The largest absolute Gasteiger partial charge is 0.492 e. The first kappa shape index (κ1) is 12.9. The Morgan fingerprint density at radius 1 is 1.19 bits per heavy atom. The standard InChI is InChI=1S/C12H19FN2O/c1-15(2)9-7-14-8-10-16-12-5-3-11(13)4-6-12/h3-6,14H,7-10H2,1-2H3. The van der Waals surface area contributed by atoms with Crippen LogP contribution in [0.1, 0.15) is 0 Å². The van der Waals surface area contributed by atoms with Crippen LogP contribution < -0.4 is 10.1 Å². The third kappa shape index (κ3) is 5.68. The fourth-order valence-corrected chi connectivity index (χ4v) is 1.20. The molecule has 4 heteroatoms. The number of halogens is 1. The van der Waals surface area contributed by atoms with Crippen LogP contribution in [0.5, 0.6) is 5.75 Å². The highest BCUT2D eigenvalue weighted by Crippen LogP contribution is 2.10. The second-order valence-corrected chi connectivity index (χ2v) is 3.86. The van der Waals surface area contributed by atoms with E-state index in [9.17, 15) is 4.39 Å². The second-order valence-electron chi connectivity index (χ2n) is 3.86. The highest BCUT2D eigenvalue weighted by atomic mass is 19.1. The summed E-state index contributed by atoms with van der Waals surface area (Å²) in [6, 6.07) is 6.06. The predicted octanol–water partition coefficient (Wildman–Crippen LogP) is 1.36. The Bertz CT molecular complexity index is 288. The predicted molar refractivity (Wildman–Crippen MR) is 63.3 cm³/mol. The van der Waals surface area contributed by atoms with Gasteiger partial charge < -0.3 is 15.0 Å². The summed E-state index contributed by atoms with van der Waals surface area (Å²) in [6.45, 7) is 3.35. The van der Waals surface area contributed by atoms with E-state index in [4.69, 9.17) is 4.74 Å². The molecule has 0 bridgehead atoms. The molecule has 0 saturated heterocycles. The van der Waals surface area contributed by atoms with Gasteiger partial charge in [0.1, 0.15) is 18.2 Å². The molecule has 1 aromatic rings. The summed E-state index contributed by atoms with van der Waals surface area (Å²) in [7, 11) is 4.08. The molecule has 1 N–H and O–H groups in total. The number of ether oxygens (including phenoxy) is 1. The van der Waals surface area contributed by atoms with Crippen LogP contribution in [-0.4, -0.2) is 45.2 Å². The van der Waals surface area contributed by atoms with Crippen LogP contribution in [0, 0.1) is 5.82 Å². The summed E-state index contributed by atoms with van der Waals surface area (Å²) in [5.41, 5.74) is 0. The summed E-state index contributed by atoms with van der Waals surface area (Å²) >= 11 is 0. The van der Waals surface area contributed by atoms with Crippen LogP contribution in [0.15, 0.2) is 24.3 Å². The molecule has 1 rings (SSSR count). The van der Waals surface area contributed by atoms with Crippen LogP contribution in [0.4, 0.5) is 4.39 Å². The van der Waals surface area contributed by atoms with Crippen molar-refractivity contribution in [1.29, 1.82) is 0 Å². The van der Waals surface area contributed by atoms with Crippen LogP contribution >= 0.6 is 0 Å². The first-order valence-electron chi connectivity index (χ1n) is 5.42. The zero-order valence-electron chi connectivity index (χ0n) is 9.87. The van der Waals surface area contributed by atoms with Crippen molar-refractivity contribution in [1.82, 2.24) is 10.2 Å². The molecule has 90 valence electrons. The Kier molecular flexibility index (Phi) is 5.82. The molecule has 0 aromatic heterocycles. The Hall–Kier alpha value is -1.13. The molecule has 0 amide bonds. The highest BCUT2D eigenvalue weighted by Gasteiger charge is 1.94. The van der Waals surface area contributed by atoms with Gasteiger partial charge in [0.05, 0.1) is 0 Å². The van der Waals surface area contributed by atoms with Gasteiger partial charge in [-0.3, -0.25) is 0 Å². The van der Waals surface area contributed by atoms with Gasteiger partial charge in [-0.2, -0.15) is 0 Å². The smallest absolute Gasteiger partial charge is 0.123 e. The first-order valence-corrected chi connectivity index (χ1v) is 5.42. The van der Waals surface area contributed by atoms with Gasteiger partial charge in [-0.05, 0) is 38.4 Å². The molecule has 0 fully saturated rings. The average Bonchev–Trinajstić information content (AvgIpc) is 2.25. The topological polar surface area (TPSA) is 24.5 Å². The normalized spacial score (nSPS) is 10.8. The maximum Gasteiger partial charge on any atom is 0.123 e. The maximum atomic E-state index is 12.6. The molecule has 0 atom stereocenters. The van der Waals surface area contributed by atoms with E-state index in [0.29, 0.717) is 12.4 Å². The first-order chi connectivity index (χ1) is 7.68. The van der Waals surface area contributed by atoms with Crippen molar-refractivity contribution in [2.75, 3.05) is 40.3 Å². The summed E-state index contributed by atoms with van der Waals surface area (Å²) in [4.78, 5) is 2.12. The molecule has 0 spiro atoms. The van der Waals surface area contributed by atoms with Crippen LogP contribution in [0.2, 0.25) is 0 Å². The summed E-state index contributed by atoms with van der Waals surface area (Å²) in [5, 5.41) is 3.26. The van der Waals surface area contributed by atoms with Crippen LogP contribution in [0.25, 0.3) is 0 Å². The van der Waals surface area contributed by atoms with Crippen molar-refractivity contribution in [3.8, 4) is 5.75 Å². The molecule has 0 aliphatic carbocycles. The fraction of sp³-hybridized carbons (Fsp3) is 0.500. The Morgan fingerprint density at radius 3 is 2.50 bits per heavy atom. The van der Waals surface area contributed by atoms with E-state index in [-0.39, 0.29) is 5.82 Å². The minimum absolute atomic E-state index is 0.239. The van der Waals surface area contributed by atoms with Gasteiger partial charge in [0.15, 0.2) is 0 Å². The molecular weight excluding hydrogens is 207 g/mol.